The van der Waals surface area contributed by atoms with Crippen LogP contribution in [0.15, 0.2) is 0 Å². The molecule has 18 heavy (non-hydrogen) atoms. The molecular formula is C10H12F3N3O2. The summed E-state index contributed by atoms with van der Waals surface area (Å²) in [7, 11) is 0. The molecule has 100 valence electrons. The molecule has 0 spiro atoms. The van der Waals surface area contributed by atoms with Gasteiger partial charge in [0.1, 0.15) is 0 Å². The van der Waals surface area contributed by atoms with Gasteiger partial charge in [-0.3, -0.25) is 9.59 Å². The molecule has 0 aromatic carbocycles. The second-order valence-corrected chi connectivity index (χ2v) is 4.11. The van der Waals surface area contributed by atoms with Crippen molar-refractivity contribution in [3.05, 3.63) is 0 Å². The van der Waals surface area contributed by atoms with Crippen molar-refractivity contribution in [3.8, 4) is 6.07 Å². The molecule has 0 unspecified atom stereocenters. The number of nitrogens with two attached hydrogens (primary N) is 1. The van der Waals surface area contributed by atoms with Gasteiger partial charge in [0, 0.05) is 19.0 Å². The fourth-order valence-electron chi connectivity index (χ4n) is 1.83. The second kappa shape index (κ2) is 5.25. The molecule has 1 aliphatic rings. The number of halogens is 3. The molecule has 1 heterocycles. The van der Waals surface area contributed by atoms with Crippen LogP contribution in [0.1, 0.15) is 12.8 Å². The second-order valence-electron chi connectivity index (χ2n) is 4.11. The average molecular weight is 263 g/mol. The maximum absolute atomic E-state index is 12.5. The SMILES string of the molecule is N#CC1CCN(C(=O)[C@@H](C(N)=O)C(F)(F)F)CC1. The average Bonchev–Trinajstić information content (AvgIpc) is 2.26. The number of likely N-dealkylation sites (tertiary alicyclic amines) is 1. The molecule has 0 aromatic heterocycles. The van der Waals surface area contributed by atoms with E-state index in [1.165, 1.54) is 0 Å². The van der Waals surface area contributed by atoms with Gasteiger partial charge in [-0.1, -0.05) is 0 Å². The molecule has 0 aromatic rings. The van der Waals surface area contributed by atoms with Crippen molar-refractivity contribution in [2.75, 3.05) is 13.1 Å². The Morgan fingerprint density at radius 3 is 2.17 bits per heavy atom. The fourth-order valence-corrected chi connectivity index (χ4v) is 1.83. The quantitative estimate of drug-likeness (QED) is 0.732. The maximum atomic E-state index is 12.5. The minimum atomic E-state index is -4.98. The number of carbonyl (C=O) groups is 2. The number of piperidine rings is 1. The number of amides is 2. The Labute approximate surface area is 101 Å². The third-order valence-corrected chi connectivity index (χ3v) is 2.85. The van der Waals surface area contributed by atoms with Crippen LogP contribution in [0.2, 0.25) is 0 Å². The molecular weight excluding hydrogens is 251 g/mol. The van der Waals surface area contributed by atoms with Crippen molar-refractivity contribution in [3.63, 3.8) is 0 Å². The van der Waals surface area contributed by atoms with Crippen LogP contribution in [0.5, 0.6) is 0 Å². The molecule has 5 nitrogen and oxygen atoms in total. The van der Waals surface area contributed by atoms with Crippen molar-refractivity contribution in [2.45, 2.75) is 19.0 Å². The fraction of sp³-hybridized carbons (Fsp3) is 0.700. The summed E-state index contributed by atoms with van der Waals surface area (Å²) in [6.45, 7) is 0.0772. The third-order valence-electron chi connectivity index (χ3n) is 2.85. The summed E-state index contributed by atoms with van der Waals surface area (Å²) >= 11 is 0. The maximum Gasteiger partial charge on any atom is 0.409 e. The molecule has 1 rings (SSSR count). The number of rotatable bonds is 2. The lowest BCUT2D eigenvalue weighted by molar-refractivity contribution is -0.191. The predicted molar refractivity (Wildman–Crippen MR) is 53.7 cm³/mol. The van der Waals surface area contributed by atoms with Crippen LogP contribution in [0.3, 0.4) is 0 Å². The molecule has 2 N–H and O–H groups in total. The highest BCUT2D eigenvalue weighted by atomic mass is 19.4. The number of nitrogens with zero attached hydrogens (tertiary/aromatic N) is 2. The molecule has 1 atom stereocenters. The zero-order valence-electron chi connectivity index (χ0n) is 9.41. The first-order valence-electron chi connectivity index (χ1n) is 5.31. The molecule has 8 heteroatoms. The van der Waals surface area contributed by atoms with E-state index < -0.39 is 23.9 Å². The Morgan fingerprint density at radius 1 is 1.33 bits per heavy atom. The summed E-state index contributed by atoms with van der Waals surface area (Å²) in [4.78, 5) is 23.3. The van der Waals surface area contributed by atoms with Gasteiger partial charge in [0.25, 0.3) is 0 Å². The first kappa shape index (κ1) is 14.3. The molecule has 0 saturated carbocycles. The first-order valence-corrected chi connectivity index (χ1v) is 5.31. The molecule has 0 bridgehead atoms. The van der Waals surface area contributed by atoms with E-state index in [-0.39, 0.29) is 19.0 Å². The summed E-state index contributed by atoms with van der Waals surface area (Å²) in [6.07, 6.45) is -4.36. The summed E-state index contributed by atoms with van der Waals surface area (Å²) in [5, 5.41) is 8.63. The zero-order chi connectivity index (χ0) is 13.9. The smallest absolute Gasteiger partial charge is 0.369 e. The predicted octanol–water partition coefficient (Wildman–Crippen LogP) is 0.412. The number of nitriles is 1. The lowest BCUT2D eigenvalue weighted by Crippen LogP contribution is -2.50. The van der Waals surface area contributed by atoms with Crippen LogP contribution in [0, 0.1) is 23.2 Å². The van der Waals surface area contributed by atoms with E-state index in [2.05, 4.69) is 5.73 Å². The largest absolute Gasteiger partial charge is 0.409 e. The topological polar surface area (TPSA) is 87.2 Å². The van der Waals surface area contributed by atoms with Gasteiger partial charge in [-0.05, 0) is 12.8 Å². The molecule has 2 amide bonds. The van der Waals surface area contributed by atoms with Crippen molar-refractivity contribution >= 4 is 11.8 Å². The van der Waals surface area contributed by atoms with Crippen LogP contribution in [0.25, 0.3) is 0 Å². The Balaban J connectivity index is 2.75. The summed E-state index contributed by atoms with van der Waals surface area (Å²) in [5.41, 5.74) is 4.63. The van der Waals surface area contributed by atoms with Gasteiger partial charge in [0.2, 0.25) is 17.7 Å². The van der Waals surface area contributed by atoms with E-state index in [4.69, 9.17) is 5.26 Å². The van der Waals surface area contributed by atoms with E-state index in [0.29, 0.717) is 12.8 Å². The number of hydrogen-bond donors (Lipinski definition) is 1. The standard InChI is InChI=1S/C10H12F3N3O2/c11-10(12,13)7(8(15)17)9(18)16-3-1-6(5-14)2-4-16/h6-7H,1-4H2,(H2,15,17)/t7-/m1/s1. The Morgan fingerprint density at radius 2 is 1.83 bits per heavy atom. The lowest BCUT2D eigenvalue weighted by atomic mass is 9.97. The van der Waals surface area contributed by atoms with E-state index in [1.807, 2.05) is 6.07 Å². The zero-order valence-corrected chi connectivity index (χ0v) is 9.41. The first-order chi connectivity index (χ1) is 8.27. The number of primary amides is 1. The van der Waals surface area contributed by atoms with Gasteiger partial charge in [-0.25, -0.2) is 0 Å². The summed E-state index contributed by atoms with van der Waals surface area (Å²) in [6, 6.07) is 1.99. The number of carbonyl (C=O) groups excluding carboxylic acids is 2. The highest BCUT2D eigenvalue weighted by molar-refractivity contribution is 6.00. The van der Waals surface area contributed by atoms with Gasteiger partial charge >= 0.3 is 6.18 Å². The van der Waals surface area contributed by atoms with Crippen LogP contribution in [0.4, 0.5) is 13.2 Å². The molecule has 0 radical (unpaired) electrons. The highest BCUT2D eigenvalue weighted by Crippen LogP contribution is 2.29. The monoisotopic (exact) mass is 263 g/mol. The Bertz CT molecular complexity index is 381. The van der Waals surface area contributed by atoms with E-state index in [1.54, 1.807) is 0 Å². The van der Waals surface area contributed by atoms with E-state index in [9.17, 15) is 22.8 Å². The molecule has 0 aliphatic carbocycles. The van der Waals surface area contributed by atoms with Crippen molar-refractivity contribution in [1.29, 1.82) is 5.26 Å². The minimum absolute atomic E-state index is 0.0386. The van der Waals surface area contributed by atoms with Crippen LogP contribution >= 0.6 is 0 Å². The number of alkyl halides is 3. The molecule has 1 fully saturated rings. The normalized spacial score (nSPS) is 19.1. The van der Waals surface area contributed by atoms with Gasteiger partial charge < -0.3 is 10.6 Å². The Hall–Kier alpha value is -1.78. The van der Waals surface area contributed by atoms with Gasteiger partial charge in [-0.2, -0.15) is 18.4 Å². The highest BCUT2D eigenvalue weighted by Gasteiger charge is 2.50. The third kappa shape index (κ3) is 3.12. The molecule has 1 saturated heterocycles. The van der Waals surface area contributed by atoms with Crippen LogP contribution < -0.4 is 5.73 Å². The van der Waals surface area contributed by atoms with Crippen molar-refractivity contribution in [1.82, 2.24) is 4.90 Å². The van der Waals surface area contributed by atoms with Crippen molar-refractivity contribution < 1.29 is 22.8 Å². The Kier molecular flexibility index (Phi) is 4.16. The summed E-state index contributed by atoms with van der Waals surface area (Å²) in [5.74, 6) is -6.08. The molecule has 1 aliphatic heterocycles. The lowest BCUT2D eigenvalue weighted by Gasteiger charge is -2.31. The minimum Gasteiger partial charge on any atom is -0.369 e. The van der Waals surface area contributed by atoms with Gasteiger partial charge in [0.05, 0.1) is 6.07 Å². The van der Waals surface area contributed by atoms with E-state index >= 15 is 0 Å². The number of hydrogen-bond acceptors (Lipinski definition) is 3. The van der Waals surface area contributed by atoms with Crippen LogP contribution in [-0.4, -0.2) is 36.0 Å². The van der Waals surface area contributed by atoms with Crippen LogP contribution in [-0.2, 0) is 9.59 Å². The van der Waals surface area contributed by atoms with Gasteiger partial charge in [0.15, 0.2) is 0 Å². The van der Waals surface area contributed by atoms with Crippen molar-refractivity contribution in [2.24, 2.45) is 17.6 Å². The summed E-state index contributed by atoms with van der Waals surface area (Å²) < 4.78 is 37.6. The van der Waals surface area contributed by atoms with E-state index in [0.717, 1.165) is 4.90 Å². The van der Waals surface area contributed by atoms with Gasteiger partial charge in [-0.15, -0.1) is 0 Å².